The molecule has 0 radical (unpaired) electrons. The SMILES string of the molecule is CC(C)OC(=O)COC(=O)c1csc(S(N)(=O)=O)c1. The van der Waals surface area contributed by atoms with E-state index in [1.165, 1.54) is 5.38 Å². The Kier molecular flexibility index (Phi) is 5.04. The third-order valence-electron chi connectivity index (χ3n) is 1.78. The third kappa shape index (κ3) is 4.97. The fourth-order valence-corrected chi connectivity index (χ4v) is 2.65. The van der Waals surface area contributed by atoms with Crippen molar-refractivity contribution < 1.29 is 27.5 Å². The first kappa shape index (κ1) is 15.6. The molecule has 0 aliphatic rings. The van der Waals surface area contributed by atoms with Gasteiger partial charge in [-0.1, -0.05) is 0 Å². The number of ether oxygens (including phenoxy) is 2. The van der Waals surface area contributed by atoms with Gasteiger partial charge in [0.15, 0.2) is 6.61 Å². The summed E-state index contributed by atoms with van der Waals surface area (Å²) in [5, 5.41) is 6.19. The number of sulfonamides is 1. The molecule has 106 valence electrons. The minimum atomic E-state index is -3.84. The van der Waals surface area contributed by atoms with E-state index < -0.39 is 28.6 Å². The number of primary sulfonamides is 1. The van der Waals surface area contributed by atoms with Crippen LogP contribution in [0.5, 0.6) is 0 Å². The van der Waals surface area contributed by atoms with Crippen LogP contribution in [0.1, 0.15) is 24.2 Å². The van der Waals surface area contributed by atoms with Gasteiger partial charge in [0.1, 0.15) is 4.21 Å². The predicted octanol–water partition coefficient (Wildman–Crippen LogP) is 0.504. The fraction of sp³-hybridized carbons (Fsp3) is 0.400. The van der Waals surface area contributed by atoms with Gasteiger partial charge in [0.25, 0.3) is 0 Å². The molecule has 9 heteroatoms. The lowest BCUT2D eigenvalue weighted by Gasteiger charge is -2.07. The number of carbonyl (C=O) groups is 2. The normalized spacial score (nSPS) is 11.4. The van der Waals surface area contributed by atoms with E-state index in [1.54, 1.807) is 13.8 Å². The van der Waals surface area contributed by atoms with Gasteiger partial charge in [-0.05, 0) is 19.9 Å². The smallest absolute Gasteiger partial charge is 0.344 e. The molecule has 0 fully saturated rings. The maximum atomic E-state index is 11.5. The highest BCUT2D eigenvalue weighted by Crippen LogP contribution is 2.19. The zero-order valence-electron chi connectivity index (χ0n) is 10.3. The first-order valence-corrected chi connectivity index (χ1v) is 7.60. The van der Waals surface area contributed by atoms with Crippen molar-refractivity contribution in [1.29, 1.82) is 0 Å². The van der Waals surface area contributed by atoms with Crippen LogP contribution in [0.3, 0.4) is 0 Å². The quantitative estimate of drug-likeness (QED) is 0.793. The molecule has 0 unspecified atom stereocenters. The van der Waals surface area contributed by atoms with Crippen LogP contribution in [-0.4, -0.2) is 33.1 Å². The zero-order valence-corrected chi connectivity index (χ0v) is 11.9. The fourth-order valence-electron chi connectivity index (χ4n) is 1.08. The minimum Gasteiger partial charge on any atom is -0.460 e. The second-order valence-corrected chi connectivity index (χ2v) is 6.51. The van der Waals surface area contributed by atoms with Crippen molar-refractivity contribution >= 4 is 33.3 Å². The highest BCUT2D eigenvalue weighted by atomic mass is 32.2. The van der Waals surface area contributed by atoms with Crippen LogP contribution < -0.4 is 5.14 Å². The molecule has 1 aromatic rings. The molecule has 2 N–H and O–H groups in total. The van der Waals surface area contributed by atoms with Crippen molar-refractivity contribution in [3.05, 3.63) is 17.0 Å². The van der Waals surface area contributed by atoms with Crippen LogP contribution in [0.25, 0.3) is 0 Å². The Labute approximate surface area is 114 Å². The summed E-state index contributed by atoms with van der Waals surface area (Å²) in [5.74, 6) is -1.49. The Balaban J connectivity index is 2.60. The molecule has 1 heterocycles. The third-order valence-corrected chi connectivity index (χ3v) is 4.17. The van der Waals surface area contributed by atoms with E-state index in [9.17, 15) is 18.0 Å². The molecule has 0 aliphatic heterocycles. The minimum absolute atomic E-state index is 0.0198. The van der Waals surface area contributed by atoms with Gasteiger partial charge in [-0.25, -0.2) is 23.1 Å². The van der Waals surface area contributed by atoms with E-state index in [-0.39, 0.29) is 15.9 Å². The summed E-state index contributed by atoms with van der Waals surface area (Å²) in [6, 6.07) is 1.09. The lowest BCUT2D eigenvalue weighted by Crippen LogP contribution is -2.19. The first-order valence-electron chi connectivity index (χ1n) is 5.18. The summed E-state index contributed by atoms with van der Waals surface area (Å²) >= 11 is 0.800. The van der Waals surface area contributed by atoms with E-state index in [0.717, 1.165) is 17.4 Å². The summed E-state index contributed by atoms with van der Waals surface area (Å²) in [6.07, 6.45) is -0.304. The van der Waals surface area contributed by atoms with E-state index in [4.69, 9.17) is 9.88 Å². The number of hydrogen-bond acceptors (Lipinski definition) is 7. The van der Waals surface area contributed by atoms with Crippen LogP contribution in [0, 0.1) is 0 Å². The van der Waals surface area contributed by atoms with Gasteiger partial charge in [0, 0.05) is 5.38 Å². The number of thiophene rings is 1. The van der Waals surface area contributed by atoms with Crippen LogP contribution >= 0.6 is 11.3 Å². The Morgan fingerprint density at radius 2 is 2.05 bits per heavy atom. The molecule has 7 nitrogen and oxygen atoms in total. The summed E-state index contributed by atoms with van der Waals surface area (Å²) in [4.78, 5) is 22.7. The van der Waals surface area contributed by atoms with Gasteiger partial charge in [0.05, 0.1) is 11.7 Å². The Bertz CT molecular complexity index is 575. The van der Waals surface area contributed by atoms with Gasteiger partial charge in [0.2, 0.25) is 10.0 Å². The average Bonchev–Trinajstić information content (AvgIpc) is 2.73. The molecule has 0 atom stereocenters. The van der Waals surface area contributed by atoms with Crippen LogP contribution in [-0.2, 0) is 24.3 Å². The number of hydrogen-bond donors (Lipinski definition) is 1. The standard InChI is InChI=1S/C10H13NO6S2/c1-6(2)17-8(12)4-16-10(13)7-3-9(18-5-7)19(11,14)15/h3,5-6H,4H2,1-2H3,(H2,11,14,15). The number of rotatable bonds is 5. The maximum Gasteiger partial charge on any atom is 0.344 e. The molecule has 0 spiro atoms. The summed E-state index contributed by atoms with van der Waals surface area (Å²) in [7, 11) is -3.84. The Morgan fingerprint density at radius 3 is 2.53 bits per heavy atom. The summed E-state index contributed by atoms with van der Waals surface area (Å²) < 4.78 is 31.3. The van der Waals surface area contributed by atoms with Crippen LogP contribution in [0.15, 0.2) is 15.7 Å². The number of carbonyl (C=O) groups excluding carboxylic acids is 2. The van der Waals surface area contributed by atoms with E-state index in [2.05, 4.69) is 4.74 Å². The van der Waals surface area contributed by atoms with Gasteiger partial charge in [-0.3, -0.25) is 0 Å². The second kappa shape index (κ2) is 6.13. The highest BCUT2D eigenvalue weighted by Gasteiger charge is 2.17. The van der Waals surface area contributed by atoms with Gasteiger partial charge in [-0.2, -0.15) is 0 Å². The van der Waals surface area contributed by atoms with Gasteiger partial charge >= 0.3 is 11.9 Å². The monoisotopic (exact) mass is 307 g/mol. The van der Waals surface area contributed by atoms with Crippen LogP contribution in [0.2, 0.25) is 0 Å². The molecule has 0 aliphatic carbocycles. The Hall–Kier alpha value is -1.45. The van der Waals surface area contributed by atoms with E-state index >= 15 is 0 Å². The molecular weight excluding hydrogens is 294 g/mol. The predicted molar refractivity (Wildman–Crippen MR) is 67.2 cm³/mol. The highest BCUT2D eigenvalue weighted by molar-refractivity contribution is 7.91. The van der Waals surface area contributed by atoms with E-state index in [0.29, 0.717) is 0 Å². The van der Waals surface area contributed by atoms with Gasteiger partial charge in [-0.15, -0.1) is 11.3 Å². The largest absolute Gasteiger partial charge is 0.460 e. The van der Waals surface area contributed by atoms with E-state index in [1.807, 2.05) is 0 Å². The maximum absolute atomic E-state index is 11.5. The molecule has 0 saturated carbocycles. The van der Waals surface area contributed by atoms with Crippen molar-refractivity contribution in [1.82, 2.24) is 0 Å². The van der Waals surface area contributed by atoms with Crippen molar-refractivity contribution in [3.8, 4) is 0 Å². The molecule has 1 aromatic heterocycles. The van der Waals surface area contributed by atoms with Gasteiger partial charge < -0.3 is 9.47 Å². The molecule has 0 amide bonds. The zero-order chi connectivity index (χ0) is 14.6. The van der Waals surface area contributed by atoms with Crippen molar-refractivity contribution in [2.75, 3.05) is 6.61 Å². The Morgan fingerprint density at radius 1 is 1.42 bits per heavy atom. The lowest BCUT2D eigenvalue weighted by molar-refractivity contribution is -0.150. The molecule has 0 bridgehead atoms. The summed E-state index contributed by atoms with van der Waals surface area (Å²) in [5.41, 5.74) is 0.0198. The molecule has 0 saturated heterocycles. The average molecular weight is 307 g/mol. The molecule has 19 heavy (non-hydrogen) atoms. The lowest BCUT2D eigenvalue weighted by atomic mass is 10.3. The molecule has 0 aromatic carbocycles. The van der Waals surface area contributed by atoms with Crippen molar-refractivity contribution in [2.45, 2.75) is 24.2 Å². The molecule has 1 rings (SSSR count). The topological polar surface area (TPSA) is 113 Å². The number of esters is 2. The number of nitrogens with two attached hydrogens (primary N) is 1. The van der Waals surface area contributed by atoms with Crippen molar-refractivity contribution in [3.63, 3.8) is 0 Å². The molecular formula is C10H13NO6S2. The van der Waals surface area contributed by atoms with Crippen molar-refractivity contribution in [2.24, 2.45) is 5.14 Å². The van der Waals surface area contributed by atoms with Crippen LogP contribution in [0.4, 0.5) is 0 Å². The first-order chi connectivity index (χ1) is 8.70. The summed E-state index contributed by atoms with van der Waals surface area (Å²) in [6.45, 7) is 2.80. The second-order valence-electron chi connectivity index (χ2n) is 3.81.